The number of hydrogen-bond donors (Lipinski definition) is 1. The molecule has 0 aliphatic heterocycles. The van der Waals surface area contributed by atoms with Crippen molar-refractivity contribution >= 4 is 25.5 Å². The summed E-state index contributed by atoms with van der Waals surface area (Å²) in [4.78, 5) is 0.0406. The number of rotatable bonds is 6. The number of hydrogen-bond acceptors (Lipinski definition) is 5. The molecule has 0 fully saturated rings. The number of sulfonamides is 1. The van der Waals surface area contributed by atoms with Crippen LogP contribution in [0.2, 0.25) is 0 Å². The van der Waals surface area contributed by atoms with E-state index in [2.05, 4.69) is 4.72 Å². The number of anilines is 1. The molecule has 24 heavy (non-hydrogen) atoms. The zero-order valence-electron chi connectivity index (χ0n) is 13.6. The maximum Gasteiger partial charge on any atom is 0.261 e. The third-order valence-electron chi connectivity index (χ3n) is 3.02. The van der Waals surface area contributed by atoms with Crippen LogP contribution in [-0.4, -0.2) is 29.2 Å². The Morgan fingerprint density at radius 1 is 0.917 bits per heavy atom. The summed E-state index contributed by atoms with van der Waals surface area (Å²) in [6, 6.07) is 11.7. The van der Waals surface area contributed by atoms with E-state index >= 15 is 0 Å². The van der Waals surface area contributed by atoms with Crippen LogP contribution in [0.5, 0.6) is 5.75 Å². The molecule has 0 aromatic heterocycles. The van der Waals surface area contributed by atoms with Gasteiger partial charge in [0, 0.05) is 12.3 Å². The quantitative estimate of drug-likeness (QED) is 0.845. The topological polar surface area (TPSA) is 89.5 Å². The molecule has 0 amide bonds. The van der Waals surface area contributed by atoms with E-state index in [1.54, 1.807) is 24.3 Å². The molecular formula is C16H19NO5S2. The maximum absolute atomic E-state index is 12.4. The van der Waals surface area contributed by atoms with E-state index in [-0.39, 0.29) is 15.9 Å². The van der Waals surface area contributed by atoms with Crippen molar-refractivity contribution in [2.24, 2.45) is 0 Å². The van der Waals surface area contributed by atoms with Crippen molar-refractivity contribution in [3.63, 3.8) is 0 Å². The van der Waals surface area contributed by atoms with Crippen LogP contribution in [0.15, 0.2) is 58.3 Å². The van der Waals surface area contributed by atoms with Crippen LogP contribution in [0, 0.1) is 0 Å². The average molecular weight is 369 g/mol. The molecule has 0 radical (unpaired) electrons. The van der Waals surface area contributed by atoms with E-state index in [1.807, 2.05) is 13.8 Å². The standard InChI is InChI=1S/C16H19NO5S2/c1-12(2)22-14-6-4-5-13(11-14)17-24(20,21)16-9-7-15(8-10-16)23(3,18)19/h4-12,17H,1-3H3. The fraction of sp³-hybridized carbons (Fsp3) is 0.250. The van der Waals surface area contributed by atoms with E-state index in [0.717, 1.165) is 6.26 Å². The second kappa shape index (κ2) is 6.82. The number of nitrogens with one attached hydrogen (secondary N) is 1. The second-order valence-electron chi connectivity index (χ2n) is 5.54. The lowest BCUT2D eigenvalue weighted by Crippen LogP contribution is -2.13. The minimum absolute atomic E-state index is 0.0231. The van der Waals surface area contributed by atoms with Crippen LogP contribution in [0.1, 0.15) is 13.8 Å². The molecule has 0 bridgehead atoms. The van der Waals surface area contributed by atoms with Crippen LogP contribution in [0.3, 0.4) is 0 Å². The van der Waals surface area contributed by atoms with Gasteiger partial charge in [0.25, 0.3) is 10.0 Å². The predicted octanol–water partition coefficient (Wildman–Crippen LogP) is 2.68. The largest absolute Gasteiger partial charge is 0.491 e. The SMILES string of the molecule is CC(C)Oc1cccc(NS(=O)(=O)c2ccc(S(C)(=O)=O)cc2)c1. The highest BCUT2D eigenvalue weighted by Gasteiger charge is 2.16. The molecule has 2 aromatic carbocycles. The monoisotopic (exact) mass is 369 g/mol. The highest BCUT2D eigenvalue weighted by Crippen LogP contribution is 2.22. The van der Waals surface area contributed by atoms with Crippen LogP contribution in [-0.2, 0) is 19.9 Å². The summed E-state index contributed by atoms with van der Waals surface area (Å²) >= 11 is 0. The van der Waals surface area contributed by atoms with Crippen molar-refractivity contribution in [3.8, 4) is 5.75 Å². The maximum atomic E-state index is 12.4. The number of sulfone groups is 1. The van der Waals surface area contributed by atoms with Gasteiger partial charge in [-0.3, -0.25) is 4.72 Å². The fourth-order valence-electron chi connectivity index (χ4n) is 1.99. The van der Waals surface area contributed by atoms with E-state index in [0.29, 0.717) is 11.4 Å². The molecular weight excluding hydrogens is 350 g/mol. The van der Waals surface area contributed by atoms with Crippen molar-refractivity contribution < 1.29 is 21.6 Å². The van der Waals surface area contributed by atoms with Gasteiger partial charge in [0.05, 0.1) is 21.6 Å². The van der Waals surface area contributed by atoms with E-state index in [4.69, 9.17) is 4.74 Å². The van der Waals surface area contributed by atoms with Crippen LogP contribution in [0.25, 0.3) is 0 Å². The van der Waals surface area contributed by atoms with Gasteiger partial charge in [-0.15, -0.1) is 0 Å². The Kier molecular flexibility index (Phi) is 5.19. The Labute approximate surface area is 142 Å². The van der Waals surface area contributed by atoms with Gasteiger partial charge in [-0.05, 0) is 50.2 Å². The van der Waals surface area contributed by atoms with Crippen molar-refractivity contribution in [2.45, 2.75) is 29.7 Å². The summed E-state index contributed by atoms with van der Waals surface area (Å²) in [5.41, 5.74) is 0.361. The zero-order chi connectivity index (χ0) is 18.0. The van der Waals surface area contributed by atoms with Crippen molar-refractivity contribution in [3.05, 3.63) is 48.5 Å². The Morgan fingerprint density at radius 3 is 2.04 bits per heavy atom. The minimum Gasteiger partial charge on any atom is -0.491 e. The molecule has 0 unspecified atom stereocenters. The molecule has 2 rings (SSSR count). The Morgan fingerprint density at radius 2 is 1.50 bits per heavy atom. The lowest BCUT2D eigenvalue weighted by Gasteiger charge is -2.12. The Bertz CT molecular complexity index is 917. The predicted molar refractivity (Wildman–Crippen MR) is 92.6 cm³/mol. The zero-order valence-corrected chi connectivity index (χ0v) is 15.2. The normalized spacial score (nSPS) is 12.2. The molecule has 1 N–H and O–H groups in total. The Balaban J connectivity index is 2.25. The van der Waals surface area contributed by atoms with Crippen molar-refractivity contribution in [2.75, 3.05) is 11.0 Å². The van der Waals surface area contributed by atoms with Gasteiger partial charge in [-0.2, -0.15) is 0 Å². The minimum atomic E-state index is -3.82. The smallest absolute Gasteiger partial charge is 0.261 e. The van der Waals surface area contributed by atoms with Gasteiger partial charge in [0.1, 0.15) is 5.75 Å². The second-order valence-corrected chi connectivity index (χ2v) is 9.24. The first-order chi connectivity index (χ1) is 11.1. The molecule has 2 aromatic rings. The number of benzene rings is 2. The highest BCUT2D eigenvalue weighted by atomic mass is 32.2. The van der Waals surface area contributed by atoms with Gasteiger partial charge in [0.15, 0.2) is 9.84 Å². The first-order valence-electron chi connectivity index (χ1n) is 7.17. The molecule has 0 aliphatic rings. The van der Waals surface area contributed by atoms with Gasteiger partial charge >= 0.3 is 0 Å². The fourth-order valence-corrected chi connectivity index (χ4v) is 3.67. The molecule has 0 spiro atoms. The van der Waals surface area contributed by atoms with Gasteiger partial charge < -0.3 is 4.74 Å². The highest BCUT2D eigenvalue weighted by molar-refractivity contribution is 7.92. The molecule has 8 heteroatoms. The summed E-state index contributed by atoms with van der Waals surface area (Å²) in [6.07, 6.45) is 1.04. The molecule has 0 atom stereocenters. The van der Waals surface area contributed by atoms with E-state index in [9.17, 15) is 16.8 Å². The van der Waals surface area contributed by atoms with Crippen LogP contribution in [0.4, 0.5) is 5.69 Å². The summed E-state index contributed by atoms with van der Waals surface area (Å²) in [5, 5.41) is 0. The molecule has 0 aliphatic carbocycles. The third-order valence-corrected chi connectivity index (χ3v) is 5.55. The van der Waals surface area contributed by atoms with E-state index < -0.39 is 19.9 Å². The lowest BCUT2D eigenvalue weighted by atomic mass is 10.3. The molecule has 0 saturated heterocycles. The lowest BCUT2D eigenvalue weighted by molar-refractivity contribution is 0.242. The summed E-state index contributed by atoms with van der Waals surface area (Å²) in [6.45, 7) is 3.75. The summed E-state index contributed by atoms with van der Waals surface area (Å²) in [5.74, 6) is 0.553. The van der Waals surface area contributed by atoms with Crippen LogP contribution < -0.4 is 9.46 Å². The van der Waals surface area contributed by atoms with Crippen LogP contribution >= 0.6 is 0 Å². The van der Waals surface area contributed by atoms with Crippen molar-refractivity contribution in [1.82, 2.24) is 0 Å². The molecule has 6 nitrogen and oxygen atoms in total. The molecule has 0 saturated carbocycles. The molecule has 0 heterocycles. The first-order valence-corrected chi connectivity index (χ1v) is 10.5. The summed E-state index contributed by atoms with van der Waals surface area (Å²) < 4.78 is 55.6. The third kappa shape index (κ3) is 4.72. The number of ether oxygens (including phenoxy) is 1. The molecule has 130 valence electrons. The first kappa shape index (κ1) is 18.3. The summed E-state index contributed by atoms with van der Waals surface area (Å²) in [7, 11) is -7.19. The van der Waals surface area contributed by atoms with Gasteiger partial charge in [-0.1, -0.05) is 6.07 Å². The van der Waals surface area contributed by atoms with Crippen molar-refractivity contribution in [1.29, 1.82) is 0 Å². The van der Waals surface area contributed by atoms with E-state index in [1.165, 1.54) is 24.3 Å². The van der Waals surface area contributed by atoms with Gasteiger partial charge in [0.2, 0.25) is 0 Å². The van der Waals surface area contributed by atoms with Gasteiger partial charge in [-0.25, -0.2) is 16.8 Å². The Hall–Kier alpha value is -2.06. The average Bonchev–Trinajstić information content (AvgIpc) is 2.45.